The van der Waals surface area contributed by atoms with E-state index in [1.54, 1.807) is 0 Å². The molecule has 0 aromatic heterocycles. The molecule has 0 bridgehead atoms. The lowest BCUT2D eigenvalue weighted by Gasteiger charge is -2.04. The van der Waals surface area contributed by atoms with Gasteiger partial charge in [-0.3, -0.25) is 0 Å². The van der Waals surface area contributed by atoms with Crippen molar-refractivity contribution in [2.45, 2.75) is 13.8 Å². The molecule has 3 heteroatoms. The van der Waals surface area contributed by atoms with Crippen LogP contribution in [-0.2, 0) is 0 Å². The lowest BCUT2D eigenvalue weighted by atomic mass is 10.1. The van der Waals surface area contributed by atoms with E-state index in [0.717, 1.165) is 16.9 Å². The van der Waals surface area contributed by atoms with E-state index in [-0.39, 0.29) is 0 Å². The van der Waals surface area contributed by atoms with Gasteiger partial charge in [0.1, 0.15) is 5.75 Å². The van der Waals surface area contributed by atoms with Crippen LogP contribution in [0.5, 0.6) is 5.75 Å². The van der Waals surface area contributed by atoms with Crippen molar-refractivity contribution < 1.29 is 9.94 Å². The van der Waals surface area contributed by atoms with Gasteiger partial charge in [0.2, 0.25) is 0 Å². The fraction of sp³-hybridized carbons (Fsp3) is 0.300. The number of oxime groups is 1. The highest BCUT2D eigenvalue weighted by atomic mass is 16.5. The molecule has 0 atom stereocenters. The Labute approximate surface area is 77.6 Å². The van der Waals surface area contributed by atoms with Crippen LogP contribution in [0.25, 0.3) is 0 Å². The Kier molecular flexibility index (Phi) is 3.31. The maximum absolute atomic E-state index is 8.36. The van der Waals surface area contributed by atoms with Crippen molar-refractivity contribution >= 4 is 6.21 Å². The van der Waals surface area contributed by atoms with Gasteiger partial charge in [0.15, 0.2) is 0 Å². The zero-order chi connectivity index (χ0) is 9.68. The number of aryl methyl sites for hydroxylation is 1. The normalized spacial score (nSPS) is 10.6. The third kappa shape index (κ3) is 2.78. The number of rotatable bonds is 3. The van der Waals surface area contributed by atoms with E-state index in [2.05, 4.69) is 5.16 Å². The number of hydrogen-bond acceptors (Lipinski definition) is 3. The Morgan fingerprint density at radius 1 is 1.46 bits per heavy atom. The summed E-state index contributed by atoms with van der Waals surface area (Å²) in [5.74, 6) is 0.803. The lowest BCUT2D eigenvalue weighted by Crippen LogP contribution is -1.93. The molecule has 0 saturated heterocycles. The van der Waals surface area contributed by atoms with E-state index in [1.807, 2.05) is 32.0 Å². The molecule has 1 aromatic carbocycles. The molecule has 1 aromatic rings. The van der Waals surface area contributed by atoms with Crippen LogP contribution in [0.2, 0.25) is 0 Å². The van der Waals surface area contributed by atoms with Crippen molar-refractivity contribution in [3.05, 3.63) is 29.3 Å². The van der Waals surface area contributed by atoms with Crippen LogP contribution in [0, 0.1) is 6.92 Å². The monoisotopic (exact) mass is 179 g/mol. The van der Waals surface area contributed by atoms with Crippen LogP contribution < -0.4 is 4.74 Å². The van der Waals surface area contributed by atoms with E-state index >= 15 is 0 Å². The first-order chi connectivity index (χ1) is 6.26. The Morgan fingerprint density at radius 3 is 2.85 bits per heavy atom. The summed E-state index contributed by atoms with van der Waals surface area (Å²) >= 11 is 0. The van der Waals surface area contributed by atoms with Crippen LogP contribution in [0.4, 0.5) is 0 Å². The average molecular weight is 179 g/mol. The Morgan fingerprint density at radius 2 is 2.23 bits per heavy atom. The standard InChI is InChI=1S/C10H13NO2/c1-3-13-10-5-8(2)4-9(6-10)7-11-12/h4-7,12H,3H2,1-2H3/b11-7+. The molecule has 13 heavy (non-hydrogen) atoms. The lowest BCUT2D eigenvalue weighted by molar-refractivity contribution is 0.321. The molecule has 70 valence electrons. The third-order valence-electron chi connectivity index (χ3n) is 1.59. The quantitative estimate of drug-likeness (QED) is 0.439. The molecule has 0 aliphatic carbocycles. The molecule has 0 saturated carbocycles. The van der Waals surface area contributed by atoms with E-state index in [4.69, 9.17) is 9.94 Å². The summed E-state index contributed by atoms with van der Waals surface area (Å²) in [4.78, 5) is 0. The van der Waals surface area contributed by atoms with Gasteiger partial charge in [-0.15, -0.1) is 0 Å². The largest absolute Gasteiger partial charge is 0.494 e. The van der Waals surface area contributed by atoms with Gasteiger partial charge >= 0.3 is 0 Å². The molecular formula is C10H13NO2. The minimum Gasteiger partial charge on any atom is -0.494 e. The average Bonchev–Trinajstić information content (AvgIpc) is 2.04. The second-order valence-electron chi connectivity index (χ2n) is 2.76. The summed E-state index contributed by atoms with van der Waals surface area (Å²) in [5.41, 5.74) is 1.92. The number of hydrogen-bond donors (Lipinski definition) is 1. The van der Waals surface area contributed by atoms with E-state index in [9.17, 15) is 0 Å². The molecule has 0 unspecified atom stereocenters. The number of benzene rings is 1. The smallest absolute Gasteiger partial charge is 0.120 e. The maximum atomic E-state index is 8.36. The molecule has 1 rings (SSSR count). The van der Waals surface area contributed by atoms with Gasteiger partial charge in [-0.2, -0.15) is 0 Å². The van der Waals surface area contributed by atoms with E-state index in [1.165, 1.54) is 6.21 Å². The second kappa shape index (κ2) is 4.50. The van der Waals surface area contributed by atoms with Crippen LogP contribution in [0.3, 0.4) is 0 Å². The predicted molar refractivity (Wildman–Crippen MR) is 51.7 cm³/mol. The fourth-order valence-electron chi connectivity index (χ4n) is 1.17. The Bertz CT molecular complexity index is 308. The fourth-order valence-corrected chi connectivity index (χ4v) is 1.17. The van der Waals surface area contributed by atoms with Crippen molar-refractivity contribution in [1.82, 2.24) is 0 Å². The number of ether oxygens (including phenoxy) is 1. The SMILES string of the molecule is CCOc1cc(C)cc(/C=N/O)c1. The van der Waals surface area contributed by atoms with Crippen molar-refractivity contribution in [2.24, 2.45) is 5.16 Å². The first-order valence-corrected chi connectivity index (χ1v) is 4.18. The molecule has 1 N–H and O–H groups in total. The van der Waals surface area contributed by atoms with Crippen LogP contribution in [0.1, 0.15) is 18.1 Å². The summed E-state index contributed by atoms with van der Waals surface area (Å²) in [5, 5.41) is 11.3. The predicted octanol–water partition coefficient (Wildman–Crippen LogP) is 2.20. The first-order valence-electron chi connectivity index (χ1n) is 4.18. The minimum atomic E-state index is 0.638. The van der Waals surface area contributed by atoms with Gasteiger partial charge in [-0.25, -0.2) is 0 Å². The summed E-state index contributed by atoms with van der Waals surface area (Å²) in [7, 11) is 0. The Balaban J connectivity index is 2.96. The molecule has 0 aliphatic rings. The second-order valence-corrected chi connectivity index (χ2v) is 2.76. The highest BCUT2D eigenvalue weighted by Crippen LogP contribution is 2.15. The van der Waals surface area contributed by atoms with Gasteiger partial charge in [0.25, 0.3) is 0 Å². The van der Waals surface area contributed by atoms with Crippen molar-refractivity contribution in [3.63, 3.8) is 0 Å². The van der Waals surface area contributed by atoms with Gasteiger partial charge in [-0.05, 0) is 37.1 Å². The van der Waals surface area contributed by atoms with Crippen LogP contribution in [-0.4, -0.2) is 18.0 Å². The molecular weight excluding hydrogens is 166 g/mol. The summed E-state index contributed by atoms with van der Waals surface area (Å²) in [6.45, 7) is 4.54. The van der Waals surface area contributed by atoms with Gasteiger partial charge in [0.05, 0.1) is 12.8 Å². The van der Waals surface area contributed by atoms with E-state index in [0.29, 0.717) is 6.61 Å². The molecule has 0 amide bonds. The summed E-state index contributed by atoms with van der Waals surface area (Å²) < 4.78 is 5.33. The summed E-state index contributed by atoms with van der Waals surface area (Å²) in [6, 6.07) is 5.69. The maximum Gasteiger partial charge on any atom is 0.120 e. The molecule has 0 heterocycles. The van der Waals surface area contributed by atoms with Crippen molar-refractivity contribution in [1.29, 1.82) is 0 Å². The van der Waals surface area contributed by atoms with Crippen LogP contribution >= 0.6 is 0 Å². The highest BCUT2D eigenvalue weighted by Gasteiger charge is 1.96. The van der Waals surface area contributed by atoms with Gasteiger partial charge in [0, 0.05) is 0 Å². The zero-order valence-corrected chi connectivity index (χ0v) is 7.82. The molecule has 0 fully saturated rings. The van der Waals surface area contributed by atoms with Crippen molar-refractivity contribution in [2.75, 3.05) is 6.61 Å². The first kappa shape index (κ1) is 9.58. The molecule has 0 aliphatic heterocycles. The summed E-state index contributed by atoms with van der Waals surface area (Å²) in [6.07, 6.45) is 1.38. The topological polar surface area (TPSA) is 41.8 Å². The van der Waals surface area contributed by atoms with Crippen LogP contribution in [0.15, 0.2) is 23.4 Å². The highest BCUT2D eigenvalue weighted by molar-refractivity contribution is 5.80. The van der Waals surface area contributed by atoms with Gasteiger partial charge < -0.3 is 9.94 Å². The minimum absolute atomic E-state index is 0.638. The molecule has 3 nitrogen and oxygen atoms in total. The number of nitrogens with zero attached hydrogens (tertiary/aromatic N) is 1. The molecule has 0 radical (unpaired) electrons. The van der Waals surface area contributed by atoms with E-state index < -0.39 is 0 Å². The van der Waals surface area contributed by atoms with Gasteiger partial charge in [-0.1, -0.05) is 11.2 Å². The Hall–Kier alpha value is -1.51. The third-order valence-corrected chi connectivity index (χ3v) is 1.59. The zero-order valence-electron chi connectivity index (χ0n) is 7.82. The molecule has 0 spiro atoms. The van der Waals surface area contributed by atoms with Crippen molar-refractivity contribution in [3.8, 4) is 5.75 Å².